The van der Waals surface area contributed by atoms with E-state index in [-0.39, 0.29) is 0 Å². The quantitative estimate of drug-likeness (QED) is 0.752. The minimum absolute atomic E-state index is 0.422. The number of pyridine rings is 1. The Bertz CT molecular complexity index is 262. The molecular formula is C12H20N2S. The van der Waals surface area contributed by atoms with Gasteiger partial charge in [0.25, 0.3) is 0 Å². The lowest BCUT2D eigenvalue weighted by atomic mass is 9.97. The fraction of sp³-hybridized carbons (Fsp3) is 0.583. The first kappa shape index (κ1) is 12.5. The van der Waals surface area contributed by atoms with Gasteiger partial charge in [0.1, 0.15) is 0 Å². The molecule has 1 heterocycles. The van der Waals surface area contributed by atoms with Crippen LogP contribution in [0.2, 0.25) is 0 Å². The van der Waals surface area contributed by atoms with E-state index in [4.69, 9.17) is 0 Å². The highest BCUT2D eigenvalue weighted by molar-refractivity contribution is 7.98. The number of aromatic nitrogens is 1. The number of hydrogen-bond donors (Lipinski definition) is 1. The standard InChI is InChI=1S/C12H20N2S/c1-10(2)12(14-7-8-15-3)11-5-4-6-13-9-11/h4-6,9-10,12,14H,7-8H2,1-3H3. The van der Waals surface area contributed by atoms with E-state index in [1.54, 1.807) is 0 Å². The molecule has 0 bridgehead atoms. The van der Waals surface area contributed by atoms with Crippen LogP contribution in [-0.4, -0.2) is 23.5 Å². The van der Waals surface area contributed by atoms with Gasteiger partial charge in [-0.1, -0.05) is 19.9 Å². The molecule has 1 N–H and O–H groups in total. The van der Waals surface area contributed by atoms with Crippen LogP contribution in [0.1, 0.15) is 25.5 Å². The zero-order valence-corrected chi connectivity index (χ0v) is 10.6. The highest BCUT2D eigenvalue weighted by atomic mass is 32.2. The van der Waals surface area contributed by atoms with Crippen molar-refractivity contribution in [3.05, 3.63) is 30.1 Å². The van der Waals surface area contributed by atoms with Gasteiger partial charge < -0.3 is 5.32 Å². The van der Waals surface area contributed by atoms with Gasteiger partial charge in [-0.2, -0.15) is 11.8 Å². The summed E-state index contributed by atoms with van der Waals surface area (Å²) in [6, 6.07) is 4.57. The topological polar surface area (TPSA) is 24.9 Å². The summed E-state index contributed by atoms with van der Waals surface area (Å²) < 4.78 is 0. The molecule has 0 amide bonds. The molecule has 0 aliphatic carbocycles. The van der Waals surface area contributed by atoms with E-state index < -0.39 is 0 Å². The van der Waals surface area contributed by atoms with E-state index >= 15 is 0 Å². The Morgan fingerprint density at radius 3 is 2.80 bits per heavy atom. The van der Waals surface area contributed by atoms with Gasteiger partial charge in [0.05, 0.1) is 0 Å². The average Bonchev–Trinajstić information content (AvgIpc) is 2.25. The van der Waals surface area contributed by atoms with Crippen molar-refractivity contribution in [1.29, 1.82) is 0 Å². The molecule has 0 aliphatic rings. The van der Waals surface area contributed by atoms with Crippen LogP contribution >= 0.6 is 11.8 Å². The lowest BCUT2D eigenvalue weighted by molar-refractivity contribution is 0.422. The minimum atomic E-state index is 0.422. The third-order valence-corrected chi connectivity index (χ3v) is 2.99. The summed E-state index contributed by atoms with van der Waals surface area (Å²) in [5.74, 6) is 1.75. The lowest BCUT2D eigenvalue weighted by Gasteiger charge is -2.22. The molecular weight excluding hydrogens is 204 g/mol. The number of hydrogen-bond acceptors (Lipinski definition) is 3. The first-order valence-corrected chi connectivity index (χ1v) is 6.77. The summed E-state index contributed by atoms with van der Waals surface area (Å²) in [6.45, 7) is 5.53. The second kappa shape index (κ2) is 6.85. The maximum absolute atomic E-state index is 4.17. The molecule has 3 heteroatoms. The van der Waals surface area contributed by atoms with Crippen molar-refractivity contribution in [2.45, 2.75) is 19.9 Å². The zero-order chi connectivity index (χ0) is 11.1. The zero-order valence-electron chi connectivity index (χ0n) is 9.73. The summed E-state index contributed by atoms with van der Waals surface area (Å²) in [5.41, 5.74) is 1.29. The van der Waals surface area contributed by atoms with Crippen LogP contribution in [0.4, 0.5) is 0 Å². The fourth-order valence-electron chi connectivity index (χ4n) is 1.61. The molecule has 0 aromatic carbocycles. The first-order chi connectivity index (χ1) is 7.25. The summed E-state index contributed by atoms with van der Waals surface area (Å²) in [7, 11) is 0. The van der Waals surface area contributed by atoms with E-state index in [1.807, 2.05) is 30.2 Å². The molecule has 1 rings (SSSR count). The third-order valence-electron chi connectivity index (χ3n) is 2.38. The SMILES string of the molecule is CSCCNC(c1cccnc1)C(C)C. The van der Waals surface area contributed by atoms with E-state index in [9.17, 15) is 0 Å². The van der Waals surface area contributed by atoms with E-state index in [1.165, 1.54) is 5.56 Å². The molecule has 0 saturated heterocycles. The van der Waals surface area contributed by atoms with Gasteiger partial charge in [0.2, 0.25) is 0 Å². The van der Waals surface area contributed by atoms with Crippen LogP contribution in [0.5, 0.6) is 0 Å². The predicted molar refractivity (Wildman–Crippen MR) is 68.2 cm³/mol. The molecule has 1 aromatic heterocycles. The van der Waals surface area contributed by atoms with Crippen LogP contribution in [0.25, 0.3) is 0 Å². The van der Waals surface area contributed by atoms with Crippen molar-refractivity contribution in [2.24, 2.45) is 5.92 Å². The van der Waals surface area contributed by atoms with Crippen molar-refractivity contribution in [3.8, 4) is 0 Å². The Morgan fingerprint density at radius 2 is 2.27 bits per heavy atom. The molecule has 2 nitrogen and oxygen atoms in total. The number of rotatable bonds is 6. The molecule has 0 fully saturated rings. The molecule has 15 heavy (non-hydrogen) atoms. The normalized spacial score (nSPS) is 13.1. The van der Waals surface area contributed by atoms with Crippen molar-refractivity contribution in [1.82, 2.24) is 10.3 Å². The smallest absolute Gasteiger partial charge is 0.0358 e. The van der Waals surface area contributed by atoms with Crippen LogP contribution in [0.15, 0.2) is 24.5 Å². The van der Waals surface area contributed by atoms with Crippen LogP contribution in [0, 0.1) is 5.92 Å². The Balaban J connectivity index is 2.58. The Hall–Kier alpha value is -0.540. The van der Waals surface area contributed by atoms with Gasteiger partial charge >= 0.3 is 0 Å². The molecule has 84 valence electrons. The number of thioether (sulfide) groups is 1. The van der Waals surface area contributed by atoms with Gasteiger partial charge in [-0.3, -0.25) is 4.98 Å². The second-order valence-electron chi connectivity index (χ2n) is 3.95. The van der Waals surface area contributed by atoms with Gasteiger partial charge in [0.15, 0.2) is 0 Å². The highest BCUT2D eigenvalue weighted by Crippen LogP contribution is 2.20. The van der Waals surface area contributed by atoms with Gasteiger partial charge in [-0.05, 0) is 23.8 Å². The summed E-state index contributed by atoms with van der Waals surface area (Å²) in [6.07, 6.45) is 5.91. The van der Waals surface area contributed by atoms with Crippen molar-refractivity contribution in [2.75, 3.05) is 18.6 Å². The molecule has 0 aliphatic heterocycles. The second-order valence-corrected chi connectivity index (χ2v) is 4.94. The van der Waals surface area contributed by atoms with Crippen LogP contribution in [0.3, 0.4) is 0 Å². The third kappa shape index (κ3) is 4.22. The van der Waals surface area contributed by atoms with Gasteiger partial charge in [-0.15, -0.1) is 0 Å². The predicted octanol–water partition coefficient (Wildman–Crippen LogP) is 2.73. The molecule has 0 radical (unpaired) electrons. The Morgan fingerprint density at radius 1 is 1.47 bits per heavy atom. The average molecular weight is 224 g/mol. The molecule has 1 unspecified atom stereocenters. The molecule has 1 atom stereocenters. The monoisotopic (exact) mass is 224 g/mol. The van der Waals surface area contributed by atoms with Crippen molar-refractivity contribution < 1.29 is 0 Å². The summed E-state index contributed by atoms with van der Waals surface area (Å²) >= 11 is 1.87. The number of nitrogens with zero attached hydrogens (tertiary/aromatic N) is 1. The van der Waals surface area contributed by atoms with Crippen LogP contribution < -0.4 is 5.32 Å². The van der Waals surface area contributed by atoms with Gasteiger partial charge in [-0.25, -0.2) is 0 Å². The maximum atomic E-state index is 4.17. The summed E-state index contributed by atoms with van der Waals surface area (Å²) in [5, 5.41) is 3.58. The Kier molecular flexibility index (Phi) is 5.73. The van der Waals surface area contributed by atoms with E-state index in [0.29, 0.717) is 12.0 Å². The largest absolute Gasteiger partial charge is 0.309 e. The fourth-order valence-corrected chi connectivity index (χ4v) is 1.94. The maximum Gasteiger partial charge on any atom is 0.0358 e. The lowest BCUT2D eigenvalue weighted by Crippen LogP contribution is -2.27. The summed E-state index contributed by atoms with van der Waals surface area (Å²) in [4.78, 5) is 4.17. The molecule has 0 saturated carbocycles. The van der Waals surface area contributed by atoms with E-state index in [2.05, 4.69) is 36.5 Å². The highest BCUT2D eigenvalue weighted by Gasteiger charge is 2.14. The van der Waals surface area contributed by atoms with E-state index in [0.717, 1.165) is 12.3 Å². The number of nitrogens with one attached hydrogen (secondary N) is 1. The molecule has 1 aromatic rings. The van der Waals surface area contributed by atoms with Gasteiger partial charge in [0, 0.05) is 30.7 Å². The van der Waals surface area contributed by atoms with Crippen molar-refractivity contribution >= 4 is 11.8 Å². The Labute approximate surface area is 96.9 Å². The first-order valence-electron chi connectivity index (χ1n) is 5.38. The minimum Gasteiger partial charge on any atom is -0.309 e. The van der Waals surface area contributed by atoms with Crippen molar-refractivity contribution in [3.63, 3.8) is 0 Å². The van der Waals surface area contributed by atoms with Crippen LogP contribution in [-0.2, 0) is 0 Å². The molecule has 0 spiro atoms.